The first kappa shape index (κ1) is 14.5. The van der Waals surface area contributed by atoms with Crippen LogP contribution in [0.15, 0.2) is 22.7 Å². The van der Waals surface area contributed by atoms with Crippen LogP contribution in [-0.4, -0.2) is 17.1 Å². The van der Waals surface area contributed by atoms with Crippen LogP contribution < -0.4 is 5.32 Å². The maximum Gasteiger partial charge on any atom is 0.335 e. The SMILES string of the molecule is O=C(O)c1ccc(CNC2CCCCCC2)c(Br)c1. The number of halogens is 1. The van der Waals surface area contributed by atoms with Crippen LogP contribution in [0.4, 0.5) is 0 Å². The lowest BCUT2D eigenvalue weighted by atomic mass is 10.1. The van der Waals surface area contributed by atoms with Crippen molar-refractivity contribution in [3.05, 3.63) is 33.8 Å². The van der Waals surface area contributed by atoms with Gasteiger partial charge in [0.1, 0.15) is 0 Å². The van der Waals surface area contributed by atoms with Crippen LogP contribution in [0.1, 0.15) is 54.4 Å². The lowest BCUT2D eigenvalue weighted by molar-refractivity contribution is 0.0697. The first-order valence-electron chi connectivity index (χ1n) is 6.92. The molecule has 0 saturated heterocycles. The van der Waals surface area contributed by atoms with E-state index in [-0.39, 0.29) is 0 Å². The third-order valence-electron chi connectivity index (χ3n) is 3.74. The fraction of sp³-hybridized carbons (Fsp3) is 0.533. The maximum atomic E-state index is 10.9. The van der Waals surface area contributed by atoms with Crippen LogP contribution in [0.3, 0.4) is 0 Å². The van der Waals surface area contributed by atoms with Gasteiger partial charge in [-0.15, -0.1) is 0 Å². The Morgan fingerprint density at radius 3 is 2.53 bits per heavy atom. The number of carbonyl (C=O) groups is 1. The summed E-state index contributed by atoms with van der Waals surface area (Å²) < 4.78 is 0.869. The summed E-state index contributed by atoms with van der Waals surface area (Å²) in [6.45, 7) is 0.797. The highest BCUT2D eigenvalue weighted by Gasteiger charge is 2.12. The predicted molar refractivity (Wildman–Crippen MR) is 79.4 cm³/mol. The van der Waals surface area contributed by atoms with Crippen molar-refractivity contribution in [1.82, 2.24) is 5.32 Å². The largest absolute Gasteiger partial charge is 0.478 e. The number of rotatable bonds is 4. The molecule has 3 nitrogen and oxygen atoms in total. The van der Waals surface area contributed by atoms with E-state index in [0.29, 0.717) is 11.6 Å². The molecule has 2 N–H and O–H groups in total. The van der Waals surface area contributed by atoms with Gasteiger partial charge in [-0.05, 0) is 30.5 Å². The molecule has 0 atom stereocenters. The normalized spacial score (nSPS) is 17.1. The maximum absolute atomic E-state index is 10.9. The van der Waals surface area contributed by atoms with Gasteiger partial charge >= 0.3 is 5.97 Å². The molecule has 4 heteroatoms. The number of carboxylic acids is 1. The second kappa shape index (κ2) is 7.06. The zero-order valence-electron chi connectivity index (χ0n) is 11.0. The van der Waals surface area contributed by atoms with Crippen LogP contribution in [0.5, 0.6) is 0 Å². The Balaban J connectivity index is 1.93. The molecule has 19 heavy (non-hydrogen) atoms. The molecule has 0 unspecified atom stereocenters. The Morgan fingerprint density at radius 1 is 1.26 bits per heavy atom. The van der Waals surface area contributed by atoms with Gasteiger partial charge in [-0.25, -0.2) is 4.79 Å². The van der Waals surface area contributed by atoms with Crippen LogP contribution >= 0.6 is 15.9 Å². The molecular formula is C15H20BrNO2. The fourth-order valence-electron chi connectivity index (χ4n) is 2.56. The Morgan fingerprint density at radius 2 is 1.95 bits per heavy atom. The van der Waals surface area contributed by atoms with Crippen LogP contribution in [0.25, 0.3) is 0 Å². The Bertz CT molecular complexity index is 440. The Hall–Kier alpha value is -0.870. The molecule has 1 aliphatic carbocycles. The van der Waals surface area contributed by atoms with Gasteiger partial charge < -0.3 is 10.4 Å². The lowest BCUT2D eigenvalue weighted by Gasteiger charge is -2.17. The highest BCUT2D eigenvalue weighted by atomic mass is 79.9. The number of nitrogens with one attached hydrogen (secondary N) is 1. The molecule has 104 valence electrons. The van der Waals surface area contributed by atoms with Crippen LogP contribution in [-0.2, 0) is 6.54 Å². The summed E-state index contributed by atoms with van der Waals surface area (Å²) in [5, 5.41) is 12.5. The van der Waals surface area contributed by atoms with Gasteiger partial charge in [0.25, 0.3) is 0 Å². The van der Waals surface area contributed by atoms with Gasteiger partial charge in [0.15, 0.2) is 0 Å². The number of hydrogen-bond acceptors (Lipinski definition) is 2. The molecule has 1 fully saturated rings. The molecule has 0 spiro atoms. The van der Waals surface area contributed by atoms with Gasteiger partial charge in [0.2, 0.25) is 0 Å². The summed E-state index contributed by atoms with van der Waals surface area (Å²) in [6, 6.07) is 5.83. The van der Waals surface area contributed by atoms with Crippen molar-refractivity contribution >= 4 is 21.9 Å². The average Bonchev–Trinajstić information content (AvgIpc) is 2.65. The van der Waals surface area contributed by atoms with E-state index in [9.17, 15) is 4.79 Å². The summed E-state index contributed by atoms with van der Waals surface area (Å²) in [7, 11) is 0. The van der Waals surface area contributed by atoms with Gasteiger partial charge in [0.05, 0.1) is 5.56 Å². The standard InChI is InChI=1S/C15H20BrNO2/c16-14-9-11(15(18)19)7-8-12(14)10-17-13-5-3-1-2-4-6-13/h7-9,13,17H,1-6,10H2,(H,18,19). The van der Waals surface area contributed by atoms with Crippen molar-refractivity contribution < 1.29 is 9.90 Å². The van der Waals surface area contributed by atoms with Crippen molar-refractivity contribution in [1.29, 1.82) is 0 Å². The molecule has 0 radical (unpaired) electrons. The molecule has 1 aliphatic rings. The zero-order chi connectivity index (χ0) is 13.7. The minimum Gasteiger partial charge on any atom is -0.478 e. The number of aromatic carboxylic acids is 1. The van der Waals surface area contributed by atoms with Crippen molar-refractivity contribution in [2.75, 3.05) is 0 Å². The molecule has 1 aromatic rings. The predicted octanol–water partition coefficient (Wildman–Crippen LogP) is 3.96. The molecule has 0 heterocycles. The molecule has 2 rings (SSSR count). The first-order valence-corrected chi connectivity index (χ1v) is 7.71. The van der Waals surface area contributed by atoms with Gasteiger partial charge in [-0.1, -0.05) is 47.7 Å². The summed E-state index contributed by atoms with van der Waals surface area (Å²) in [6.07, 6.45) is 7.85. The summed E-state index contributed by atoms with van der Waals surface area (Å²) in [5.74, 6) is -0.885. The second-order valence-electron chi connectivity index (χ2n) is 5.18. The van der Waals surface area contributed by atoms with Crippen molar-refractivity contribution in [2.24, 2.45) is 0 Å². The molecule has 0 amide bonds. The third-order valence-corrected chi connectivity index (χ3v) is 4.47. The topological polar surface area (TPSA) is 49.3 Å². The minimum atomic E-state index is -0.885. The fourth-order valence-corrected chi connectivity index (χ4v) is 3.08. The minimum absolute atomic E-state index is 0.324. The van der Waals surface area contributed by atoms with E-state index in [4.69, 9.17) is 5.11 Å². The van der Waals surface area contributed by atoms with E-state index in [0.717, 1.165) is 16.6 Å². The molecule has 1 aromatic carbocycles. The highest BCUT2D eigenvalue weighted by molar-refractivity contribution is 9.10. The van der Waals surface area contributed by atoms with Gasteiger partial charge in [-0.2, -0.15) is 0 Å². The van der Waals surface area contributed by atoms with E-state index in [1.54, 1.807) is 12.1 Å². The van der Waals surface area contributed by atoms with Crippen molar-refractivity contribution in [3.8, 4) is 0 Å². The smallest absolute Gasteiger partial charge is 0.335 e. The van der Waals surface area contributed by atoms with E-state index >= 15 is 0 Å². The zero-order valence-corrected chi connectivity index (χ0v) is 12.6. The molecule has 0 aliphatic heterocycles. The van der Waals surface area contributed by atoms with E-state index in [2.05, 4.69) is 21.2 Å². The Labute approximate surface area is 122 Å². The molecule has 1 saturated carbocycles. The quantitative estimate of drug-likeness (QED) is 0.824. The third kappa shape index (κ3) is 4.32. The summed E-state index contributed by atoms with van der Waals surface area (Å²) in [5.41, 5.74) is 1.44. The summed E-state index contributed by atoms with van der Waals surface area (Å²) >= 11 is 3.45. The van der Waals surface area contributed by atoms with E-state index in [1.807, 2.05) is 6.07 Å². The monoisotopic (exact) mass is 325 g/mol. The van der Waals surface area contributed by atoms with Crippen molar-refractivity contribution in [3.63, 3.8) is 0 Å². The second-order valence-corrected chi connectivity index (χ2v) is 6.04. The van der Waals surface area contributed by atoms with Crippen LogP contribution in [0.2, 0.25) is 0 Å². The van der Waals surface area contributed by atoms with Gasteiger partial charge in [-0.3, -0.25) is 0 Å². The van der Waals surface area contributed by atoms with E-state index in [1.165, 1.54) is 38.5 Å². The average molecular weight is 326 g/mol. The lowest BCUT2D eigenvalue weighted by Crippen LogP contribution is -2.28. The molecule has 0 bridgehead atoms. The van der Waals surface area contributed by atoms with Crippen molar-refractivity contribution in [2.45, 2.75) is 51.1 Å². The molecule has 0 aromatic heterocycles. The Kier molecular flexibility index (Phi) is 5.40. The summed E-state index contributed by atoms with van der Waals surface area (Å²) in [4.78, 5) is 10.9. The first-order chi connectivity index (χ1) is 9.16. The number of carboxylic acid groups (broad SMARTS) is 1. The number of benzene rings is 1. The molecular weight excluding hydrogens is 306 g/mol. The van der Waals surface area contributed by atoms with E-state index < -0.39 is 5.97 Å². The number of hydrogen-bond donors (Lipinski definition) is 2. The highest BCUT2D eigenvalue weighted by Crippen LogP contribution is 2.21. The van der Waals surface area contributed by atoms with Gasteiger partial charge in [0, 0.05) is 17.1 Å². The van der Waals surface area contributed by atoms with Crippen LogP contribution in [0, 0.1) is 0 Å².